The lowest BCUT2D eigenvalue weighted by atomic mass is 10.0. The van der Waals surface area contributed by atoms with Gasteiger partial charge in [-0.15, -0.1) is 0 Å². The number of phenolic OH excluding ortho intramolecular Hbond substituents is 2. The number of aldehydes is 1. The highest BCUT2D eigenvalue weighted by Crippen LogP contribution is 2.47. The number of rotatable bonds is 2. The second-order valence-electron chi connectivity index (χ2n) is 5.47. The first-order valence-electron chi connectivity index (χ1n) is 7.07. The summed E-state index contributed by atoms with van der Waals surface area (Å²) in [7, 11) is 0. The molecule has 0 spiro atoms. The van der Waals surface area contributed by atoms with Gasteiger partial charge in [0, 0.05) is 5.56 Å². The van der Waals surface area contributed by atoms with Crippen LogP contribution in [0.1, 0.15) is 42.2 Å². The van der Waals surface area contributed by atoms with E-state index < -0.39 is 29.0 Å². The van der Waals surface area contributed by atoms with E-state index in [4.69, 9.17) is 9.47 Å². The van der Waals surface area contributed by atoms with Gasteiger partial charge in [0.25, 0.3) is 0 Å². The molecule has 8 heteroatoms. The second kappa shape index (κ2) is 5.52. The molecule has 3 N–H and O–H groups in total. The first-order chi connectivity index (χ1) is 11.8. The van der Waals surface area contributed by atoms with Crippen LogP contribution >= 0.6 is 0 Å². The number of ether oxygens (including phenoxy) is 2. The quantitative estimate of drug-likeness (QED) is 0.430. The maximum atomic E-state index is 12.5. The molecule has 0 atom stereocenters. The van der Waals surface area contributed by atoms with Gasteiger partial charge >= 0.3 is 11.9 Å². The fourth-order valence-electron chi connectivity index (χ4n) is 2.61. The van der Waals surface area contributed by atoms with Gasteiger partial charge in [-0.2, -0.15) is 0 Å². The molecule has 1 aliphatic heterocycles. The van der Waals surface area contributed by atoms with Crippen molar-refractivity contribution in [3.63, 3.8) is 0 Å². The van der Waals surface area contributed by atoms with Crippen LogP contribution in [0.25, 0.3) is 0 Å². The van der Waals surface area contributed by atoms with E-state index in [1.165, 1.54) is 19.9 Å². The van der Waals surface area contributed by atoms with Crippen LogP contribution in [0.2, 0.25) is 0 Å². The van der Waals surface area contributed by atoms with Gasteiger partial charge in [0.15, 0.2) is 23.5 Å². The zero-order valence-corrected chi connectivity index (χ0v) is 13.1. The third-order valence-electron chi connectivity index (χ3n) is 3.90. The van der Waals surface area contributed by atoms with Gasteiger partial charge in [-0.1, -0.05) is 0 Å². The Balaban J connectivity index is 2.41. The number of phenols is 2. The molecule has 1 heterocycles. The molecular weight excluding hydrogens is 332 g/mol. The average molecular weight is 344 g/mol. The number of fused-ring (bicyclic) bond motifs is 2. The van der Waals surface area contributed by atoms with Crippen LogP contribution in [0.5, 0.6) is 28.7 Å². The SMILES string of the molecule is Cc1cc(O)c(C=O)c2c1C(=O)Oc1c(C)c(O)cc(C(=O)O)c1O2. The normalized spacial score (nSPS) is 12.3. The monoisotopic (exact) mass is 344 g/mol. The van der Waals surface area contributed by atoms with Gasteiger partial charge in [0.05, 0.1) is 5.56 Å². The summed E-state index contributed by atoms with van der Waals surface area (Å²) >= 11 is 0. The van der Waals surface area contributed by atoms with E-state index in [1.807, 2.05) is 0 Å². The van der Waals surface area contributed by atoms with Gasteiger partial charge in [-0.25, -0.2) is 9.59 Å². The Bertz CT molecular complexity index is 958. The van der Waals surface area contributed by atoms with Crippen LogP contribution in [0, 0.1) is 13.8 Å². The summed E-state index contributed by atoms with van der Waals surface area (Å²) < 4.78 is 10.8. The molecule has 0 aromatic heterocycles. The molecule has 128 valence electrons. The lowest BCUT2D eigenvalue weighted by Crippen LogP contribution is -2.11. The lowest BCUT2D eigenvalue weighted by Gasteiger charge is -2.14. The molecule has 0 radical (unpaired) electrons. The molecule has 2 aromatic carbocycles. The van der Waals surface area contributed by atoms with E-state index in [9.17, 15) is 29.7 Å². The van der Waals surface area contributed by atoms with E-state index >= 15 is 0 Å². The minimum atomic E-state index is -1.43. The molecule has 25 heavy (non-hydrogen) atoms. The number of esters is 1. The number of aromatic carboxylic acids is 1. The van der Waals surface area contributed by atoms with Crippen molar-refractivity contribution in [2.45, 2.75) is 13.8 Å². The van der Waals surface area contributed by atoms with Gasteiger partial charge in [0.2, 0.25) is 0 Å². The molecule has 0 amide bonds. The number of hydrogen-bond donors (Lipinski definition) is 3. The fraction of sp³-hybridized carbons (Fsp3) is 0.118. The standard InChI is InChI=1S/C17H12O8/c1-6-3-11(20)9(5-18)14-12(6)17(23)25-13-7(2)10(19)4-8(16(21)22)15(13)24-14/h3-5,19-20H,1-2H3,(H,21,22). The summed E-state index contributed by atoms with van der Waals surface area (Å²) in [5.41, 5.74) is -0.527. The molecule has 1 aliphatic rings. The van der Waals surface area contributed by atoms with Gasteiger partial charge in [-0.3, -0.25) is 4.79 Å². The third kappa shape index (κ3) is 2.35. The first kappa shape index (κ1) is 16.3. The predicted octanol–water partition coefficient (Wildman–Crippen LogP) is 2.55. The molecule has 0 unspecified atom stereocenters. The van der Waals surface area contributed by atoms with Crippen molar-refractivity contribution in [2.24, 2.45) is 0 Å². The Morgan fingerprint density at radius 1 is 1.04 bits per heavy atom. The maximum absolute atomic E-state index is 12.5. The van der Waals surface area contributed by atoms with Crippen molar-refractivity contribution in [1.82, 2.24) is 0 Å². The van der Waals surface area contributed by atoms with Crippen molar-refractivity contribution in [3.8, 4) is 28.7 Å². The first-order valence-corrected chi connectivity index (χ1v) is 7.07. The minimum absolute atomic E-state index is 0.0932. The molecule has 0 bridgehead atoms. The van der Waals surface area contributed by atoms with Gasteiger partial charge in [-0.05, 0) is 31.5 Å². The number of carboxylic acids is 1. The zero-order chi connectivity index (χ0) is 18.5. The molecule has 0 saturated carbocycles. The fourth-order valence-corrected chi connectivity index (χ4v) is 2.61. The van der Waals surface area contributed by atoms with Gasteiger partial charge in [0.1, 0.15) is 22.6 Å². The molecule has 0 saturated heterocycles. The highest BCUT2D eigenvalue weighted by atomic mass is 16.6. The number of aryl methyl sites for hydroxylation is 1. The Kier molecular flexibility index (Phi) is 3.60. The number of hydrogen-bond acceptors (Lipinski definition) is 7. The molecule has 0 fully saturated rings. The zero-order valence-electron chi connectivity index (χ0n) is 13.1. The third-order valence-corrected chi connectivity index (χ3v) is 3.90. The molecular formula is C17H12O8. The van der Waals surface area contributed by atoms with Crippen LogP contribution < -0.4 is 9.47 Å². The van der Waals surface area contributed by atoms with Crippen LogP contribution in [0.4, 0.5) is 0 Å². The van der Waals surface area contributed by atoms with E-state index in [1.54, 1.807) is 0 Å². The van der Waals surface area contributed by atoms with Crippen LogP contribution in [0.15, 0.2) is 12.1 Å². The van der Waals surface area contributed by atoms with Crippen molar-refractivity contribution < 1.29 is 39.2 Å². The van der Waals surface area contributed by atoms with Crippen LogP contribution in [-0.4, -0.2) is 33.5 Å². The number of carbonyl (C=O) groups excluding carboxylic acids is 2. The van der Waals surface area contributed by atoms with Gasteiger partial charge < -0.3 is 24.8 Å². The number of carbonyl (C=O) groups is 3. The Hall–Kier alpha value is -3.55. The summed E-state index contributed by atoms with van der Waals surface area (Å²) in [6.45, 7) is 2.91. The Morgan fingerprint density at radius 3 is 2.32 bits per heavy atom. The number of carboxylic acid groups (broad SMARTS) is 1. The highest BCUT2D eigenvalue weighted by molar-refractivity contribution is 6.03. The number of benzene rings is 2. The van der Waals surface area contributed by atoms with E-state index in [0.717, 1.165) is 6.07 Å². The molecule has 3 rings (SSSR count). The van der Waals surface area contributed by atoms with E-state index in [-0.39, 0.29) is 39.5 Å². The topological polar surface area (TPSA) is 130 Å². The van der Waals surface area contributed by atoms with Crippen molar-refractivity contribution in [2.75, 3.05) is 0 Å². The second-order valence-corrected chi connectivity index (χ2v) is 5.47. The predicted molar refractivity (Wildman–Crippen MR) is 83.1 cm³/mol. The smallest absolute Gasteiger partial charge is 0.347 e. The van der Waals surface area contributed by atoms with Crippen LogP contribution in [0.3, 0.4) is 0 Å². The number of aromatic hydroxyl groups is 2. The summed E-state index contributed by atoms with van der Waals surface area (Å²) in [6, 6.07) is 2.15. The van der Waals surface area contributed by atoms with Crippen LogP contribution in [-0.2, 0) is 0 Å². The van der Waals surface area contributed by atoms with E-state index in [0.29, 0.717) is 6.29 Å². The summed E-state index contributed by atoms with van der Waals surface area (Å²) in [6.07, 6.45) is 0.291. The minimum Gasteiger partial charge on any atom is -0.508 e. The molecule has 2 aromatic rings. The molecule has 0 aliphatic carbocycles. The highest BCUT2D eigenvalue weighted by Gasteiger charge is 2.33. The Labute approximate surface area is 140 Å². The van der Waals surface area contributed by atoms with E-state index in [2.05, 4.69) is 0 Å². The average Bonchev–Trinajstić information content (AvgIpc) is 2.68. The summed E-state index contributed by atoms with van der Waals surface area (Å²) in [4.78, 5) is 35.3. The van der Waals surface area contributed by atoms with Crippen molar-refractivity contribution in [3.05, 3.63) is 39.9 Å². The summed E-state index contributed by atoms with van der Waals surface area (Å²) in [5, 5.41) is 29.2. The van der Waals surface area contributed by atoms with Crippen molar-refractivity contribution >= 4 is 18.2 Å². The van der Waals surface area contributed by atoms with Crippen molar-refractivity contribution in [1.29, 1.82) is 0 Å². The summed E-state index contributed by atoms with van der Waals surface area (Å²) in [5.74, 6) is -4.07. The largest absolute Gasteiger partial charge is 0.508 e. The lowest BCUT2D eigenvalue weighted by molar-refractivity contribution is 0.0685. The Morgan fingerprint density at radius 2 is 1.72 bits per heavy atom. The maximum Gasteiger partial charge on any atom is 0.347 e. The molecule has 8 nitrogen and oxygen atoms in total.